The molecule has 1 heterocycles. The van der Waals surface area contributed by atoms with Crippen LogP contribution >= 0.6 is 0 Å². The van der Waals surface area contributed by atoms with Gasteiger partial charge in [0.05, 0.1) is 12.2 Å². The zero-order chi connectivity index (χ0) is 14.3. The van der Waals surface area contributed by atoms with Gasteiger partial charge in [0, 0.05) is 18.8 Å². The molecule has 2 nitrogen and oxygen atoms in total. The lowest BCUT2D eigenvalue weighted by Crippen LogP contribution is -2.23. The maximum Gasteiger partial charge on any atom is 0.416 e. The van der Waals surface area contributed by atoms with Gasteiger partial charge in [0.25, 0.3) is 0 Å². The second-order valence-corrected chi connectivity index (χ2v) is 5.83. The highest BCUT2D eigenvalue weighted by Crippen LogP contribution is 2.37. The first kappa shape index (κ1) is 14.2. The van der Waals surface area contributed by atoms with Crippen molar-refractivity contribution in [3.05, 3.63) is 29.3 Å². The van der Waals surface area contributed by atoms with Crippen LogP contribution in [0.1, 0.15) is 31.4 Å². The summed E-state index contributed by atoms with van der Waals surface area (Å²) in [5.41, 5.74) is -0.101. The minimum atomic E-state index is -4.43. The van der Waals surface area contributed by atoms with E-state index in [2.05, 4.69) is 13.8 Å². The van der Waals surface area contributed by atoms with Gasteiger partial charge in [0.2, 0.25) is 0 Å². The molecule has 0 unspecified atom stereocenters. The summed E-state index contributed by atoms with van der Waals surface area (Å²) in [6.45, 7) is 5.14. The molecule has 0 amide bonds. The Hall–Kier alpha value is -1.23. The third kappa shape index (κ3) is 3.03. The minimum Gasteiger partial charge on any atom is -0.392 e. The number of nitrogens with zero attached hydrogens (tertiary/aromatic N) is 1. The number of hydrogen-bond donors (Lipinski definition) is 1. The average molecular weight is 273 g/mol. The standard InChI is InChI=1S/C14H18F3NO/c1-13(2)5-6-18(9-13)11-4-3-10(8-19)12(7-11)14(15,16)17/h3-4,7,19H,5-6,8-9H2,1-2H3. The van der Waals surface area contributed by atoms with Crippen molar-refractivity contribution in [1.82, 2.24) is 0 Å². The Labute approximate surface area is 110 Å². The highest BCUT2D eigenvalue weighted by molar-refractivity contribution is 5.52. The van der Waals surface area contributed by atoms with E-state index in [1.807, 2.05) is 4.90 Å². The SMILES string of the molecule is CC1(C)CCN(c2ccc(CO)c(C(F)(F)F)c2)C1. The van der Waals surface area contributed by atoms with E-state index in [0.29, 0.717) is 5.69 Å². The molecule has 1 aromatic rings. The Bertz CT molecular complexity index is 468. The molecule has 0 atom stereocenters. The van der Waals surface area contributed by atoms with E-state index in [1.54, 1.807) is 6.07 Å². The van der Waals surface area contributed by atoms with Crippen LogP contribution in [-0.2, 0) is 12.8 Å². The number of hydrogen-bond acceptors (Lipinski definition) is 2. The van der Waals surface area contributed by atoms with Crippen molar-refractivity contribution in [1.29, 1.82) is 0 Å². The highest BCUT2D eigenvalue weighted by atomic mass is 19.4. The van der Waals surface area contributed by atoms with Crippen LogP contribution in [0, 0.1) is 5.41 Å². The zero-order valence-corrected chi connectivity index (χ0v) is 11.1. The number of aliphatic hydroxyl groups is 1. The van der Waals surface area contributed by atoms with Gasteiger partial charge in [-0.15, -0.1) is 0 Å². The predicted molar refractivity (Wildman–Crippen MR) is 68.0 cm³/mol. The largest absolute Gasteiger partial charge is 0.416 e. The molecule has 0 aliphatic carbocycles. The molecule has 0 radical (unpaired) electrons. The molecule has 19 heavy (non-hydrogen) atoms. The van der Waals surface area contributed by atoms with E-state index in [0.717, 1.165) is 25.6 Å². The number of rotatable bonds is 2. The van der Waals surface area contributed by atoms with Crippen LogP contribution < -0.4 is 4.90 Å². The van der Waals surface area contributed by atoms with Crippen molar-refractivity contribution < 1.29 is 18.3 Å². The van der Waals surface area contributed by atoms with Crippen LogP contribution in [-0.4, -0.2) is 18.2 Å². The minimum absolute atomic E-state index is 0.0743. The fraction of sp³-hybridized carbons (Fsp3) is 0.571. The Morgan fingerprint density at radius 1 is 1.32 bits per heavy atom. The fourth-order valence-corrected chi connectivity index (χ4v) is 2.50. The number of halogens is 3. The van der Waals surface area contributed by atoms with Gasteiger partial charge in [-0.05, 0) is 29.5 Å². The molecule has 1 aliphatic heterocycles. The Kier molecular flexibility index (Phi) is 3.51. The maximum absolute atomic E-state index is 12.9. The van der Waals surface area contributed by atoms with E-state index in [1.165, 1.54) is 6.07 Å². The molecule has 1 N–H and O–H groups in total. The Balaban J connectivity index is 2.34. The molecule has 0 spiro atoms. The summed E-state index contributed by atoms with van der Waals surface area (Å²) in [6, 6.07) is 4.17. The van der Waals surface area contributed by atoms with Gasteiger partial charge in [-0.3, -0.25) is 0 Å². The van der Waals surface area contributed by atoms with Crippen LogP contribution in [0.4, 0.5) is 18.9 Å². The predicted octanol–water partition coefficient (Wildman–Crippen LogP) is 3.43. The van der Waals surface area contributed by atoms with E-state index in [9.17, 15) is 13.2 Å². The molecule has 1 aliphatic rings. The first-order valence-electron chi connectivity index (χ1n) is 6.29. The molecule has 106 valence electrons. The van der Waals surface area contributed by atoms with Crippen LogP contribution in [0.3, 0.4) is 0 Å². The summed E-state index contributed by atoms with van der Waals surface area (Å²) in [5, 5.41) is 9.01. The summed E-state index contributed by atoms with van der Waals surface area (Å²) in [6.07, 6.45) is -3.46. The van der Waals surface area contributed by atoms with Crippen LogP contribution in [0.25, 0.3) is 0 Å². The first-order valence-corrected chi connectivity index (χ1v) is 6.29. The third-order valence-corrected chi connectivity index (χ3v) is 3.61. The van der Waals surface area contributed by atoms with Gasteiger partial charge in [-0.25, -0.2) is 0 Å². The van der Waals surface area contributed by atoms with Gasteiger partial charge >= 0.3 is 6.18 Å². The Morgan fingerprint density at radius 2 is 2.00 bits per heavy atom. The summed E-state index contributed by atoms with van der Waals surface area (Å²) in [7, 11) is 0. The van der Waals surface area contributed by atoms with Crippen LogP contribution in [0.5, 0.6) is 0 Å². The Morgan fingerprint density at radius 3 is 2.47 bits per heavy atom. The zero-order valence-electron chi connectivity index (χ0n) is 11.1. The molecule has 5 heteroatoms. The van der Waals surface area contributed by atoms with Crippen molar-refractivity contribution >= 4 is 5.69 Å². The van der Waals surface area contributed by atoms with E-state index < -0.39 is 18.3 Å². The smallest absolute Gasteiger partial charge is 0.392 e. The van der Waals surface area contributed by atoms with Crippen molar-refractivity contribution in [2.24, 2.45) is 5.41 Å². The molecule has 0 saturated carbocycles. The van der Waals surface area contributed by atoms with Crippen molar-refractivity contribution in [2.45, 2.75) is 33.1 Å². The van der Waals surface area contributed by atoms with E-state index in [-0.39, 0.29) is 11.0 Å². The van der Waals surface area contributed by atoms with Crippen molar-refractivity contribution in [2.75, 3.05) is 18.0 Å². The average Bonchev–Trinajstić information content (AvgIpc) is 2.68. The number of benzene rings is 1. The van der Waals surface area contributed by atoms with E-state index >= 15 is 0 Å². The topological polar surface area (TPSA) is 23.5 Å². The lowest BCUT2D eigenvalue weighted by atomic mass is 9.93. The molecular weight excluding hydrogens is 255 g/mol. The molecular formula is C14H18F3NO. The van der Waals surface area contributed by atoms with Gasteiger partial charge < -0.3 is 10.0 Å². The molecule has 1 aromatic carbocycles. The molecule has 1 saturated heterocycles. The maximum atomic E-state index is 12.9. The highest BCUT2D eigenvalue weighted by Gasteiger charge is 2.35. The van der Waals surface area contributed by atoms with Crippen molar-refractivity contribution in [3.63, 3.8) is 0 Å². The number of aliphatic hydroxyl groups excluding tert-OH is 1. The summed E-state index contributed by atoms with van der Waals surface area (Å²) in [4.78, 5) is 1.97. The van der Waals surface area contributed by atoms with E-state index in [4.69, 9.17) is 5.11 Å². The van der Waals surface area contributed by atoms with Gasteiger partial charge in [-0.1, -0.05) is 19.9 Å². The molecule has 1 fully saturated rings. The quantitative estimate of drug-likeness (QED) is 0.892. The van der Waals surface area contributed by atoms with Gasteiger partial charge in [-0.2, -0.15) is 13.2 Å². The number of anilines is 1. The summed E-state index contributed by atoms with van der Waals surface area (Å²) in [5.74, 6) is 0. The van der Waals surface area contributed by atoms with Crippen molar-refractivity contribution in [3.8, 4) is 0 Å². The second-order valence-electron chi connectivity index (χ2n) is 5.83. The second kappa shape index (κ2) is 4.71. The van der Waals surface area contributed by atoms with Gasteiger partial charge in [0.1, 0.15) is 0 Å². The fourth-order valence-electron chi connectivity index (χ4n) is 2.50. The number of alkyl halides is 3. The summed E-state index contributed by atoms with van der Waals surface area (Å²) >= 11 is 0. The van der Waals surface area contributed by atoms with Crippen LogP contribution in [0.2, 0.25) is 0 Å². The monoisotopic (exact) mass is 273 g/mol. The third-order valence-electron chi connectivity index (χ3n) is 3.61. The normalized spacial score (nSPS) is 18.9. The molecule has 0 aromatic heterocycles. The van der Waals surface area contributed by atoms with Gasteiger partial charge in [0.15, 0.2) is 0 Å². The first-order chi connectivity index (χ1) is 8.73. The molecule has 2 rings (SSSR count). The lowest BCUT2D eigenvalue weighted by molar-refractivity contribution is -0.138. The lowest BCUT2D eigenvalue weighted by Gasteiger charge is -2.23. The van der Waals surface area contributed by atoms with Crippen LogP contribution in [0.15, 0.2) is 18.2 Å². The summed E-state index contributed by atoms with van der Waals surface area (Å²) < 4.78 is 38.8. The molecule has 0 bridgehead atoms.